The van der Waals surface area contributed by atoms with E-state index in [4.69, 9.17) is 0 Å². The normalized spacial score (nSPS) is 14.0. The van der Waals surface area contributed by atoms with Gasteiger partial charge in [-0.1, -0.05) is 108 Å². The van der Waals surface area contributed by atoms with Gasteiger partial charge in [0, 0.05) is 0 Å². The molecule has 0 N–H and O–H groups in total. The first-order valence-electron chi connectivity index (χ1n) is 11.3. The average molecular weight is 365 g/mol. The van der Waals surface area contributed by atoms with Crippen LogP contribution in [0.2, 0.25) is 19.6 Å². The van der Waals surface area contributed by atoms with Crippen molar-refractivity contribution in [2.75, 3.05) is 0 Å². The third-order valence-corrected chi connectivity index (χ3v) is 8.06. The minimum absolute atomic E-state index is 1.20. The zero-order valence-electron chi connectivity index (χ0n) is 18.8. The molecule has 1 heteroatoms. The second kappa shape index (κ2) is 14.8. The van der Waals surface area contributed by atoms with Crippen LogP contribution >= 0.6 is 0 Å². The highest BCUT2D eigenvalue weighted by Crippen LogP contribution is 2.27. The van der Waals surface area contributed by atoms with E-state index in [1.54, 1.807) is 16.3 Å². The van der Waals surface area contributed by atoms with Crippen molar-refractivity contribution < 1.29 is 0 Å². The van der Waals surface area contributed by atoms with Crippen molar-refractivity contribution in [1.29, 1.82) is 0 Å². The Morgan fingerprint density at radius 3 is 1.60 bits per heavy atom. The Kier molecular flexibility index (Phi) is 14.6. The molecule has 0 saturated carbocycles. The van der Waals surface area contributed by atoms with Gasteiger partial charge in [0.05, 0.1) is 8.07 Å². The zero-order chi connectivity index (χ0) is 19.1. The van der Waals surface area contributed by atoms with Crippen molar-refractivity contribution in [2.24, 2.45) is 0 Å². The first-order valence-corrected chi connectivity index (χ1v) is 14.8. The van der Waals surface area contributed by atoms with Crippen molar-refractivity contribution in [3.05, 3.63) is 22.4 Å². The lowest BCUT2D eigenvalue weighted by Crippen LogP contribution is -2.23. The molecule has 0 heterocycles. The van der Waals surface area contributed by atoms with Crippen LogP contribution in [0, 0.1) is 0 Å². The van der Waals surface area contributed by atoms with Gasteiger partial charge in [-0.2, -0.15) is 0 Å². The molecule has 0 nitrogen and oxygen atoms in total. The maximum absolute atomic E-state index is 2.65. The fourth-order valence-electron chi connectivity index (χ4n) is 3.29. The van der Waals surface area contributed by atoms with Gasteiger partial charge in [-0.25, -0.2) is 0 Å². The van der Waals surface area contributed by atoms with Crippen molar-refractivity contribution in [3.63, 3.8) is 0 Å². The van der Waals surface area contributed by atoms with Gasteiger partial charge in [0.2, 0.25) is 0 Å². The lowest BCUT2D eigenvalue weighted by Gasteiger charge is -2.22. The third-order valence-electron chi connectivity index (χ3n) is 5.49. The summed E-state index contributed by atoms with van der Waals surface area (Å²) in [5, 5.41) is 1.74. The molecule has 0 aliphatic carbocycles. The molecule has 0 atom stereocenters. The number of allylic oxidation sites excluding steroid dienone is 4. The Labute approximate surface area is 161 Å². The van der Waals surface area contributed by atoms with Gasteiger partial charge in [0.1, 0.15) is 0 Å². The van der Waals surface area contributed by atoms with E-state index in [1.807, 2.05) is 0 Å². The summed E-state index contributed by atoms with van der Waals surface area (Å²) in [5.74, 6) is 0. The van der Waals surface area contributed by atoms with E-state index in [1.165, 1.54) is 83.5 Å². The maximum Gasteiger partial charge on any atom is 0.0724 e. The molecule has 0 radical (unpaired) electrons. The molecule has 0 aliphatic heterocycles. The van der Waals surface area contributed by atoms with E-state index < -0.39 is 8.07 Å². The Morgan fingerprint density at radius 1 is 0.640 bits per heavy atom. The maximum atomic E-state index is 2.65. The summed E-state index contributed by atoms with van der Waals surface area (Å²) in [6.07, 6.45) is 20.3. The van der Waals surface area contributed by atoms with E-state index in [-0.39, 0.29) is 0 Å². The van der Waals surface area contributed by atoms with Gasteiger partial charge in [-0.3, -0.25) is 0 Å². The van der Waals surface area contributed by atoms with Crippen LogP contribution in [-0.4, -0.2) is 8.07 Å². The molecule has 0 aromatic heterocycles. The lowest BCUT2D eigenvalue weighted by molar-refractivity contribution is 0.642. The first-order chi connectivity index (χ1) is 11.9. The largest absolute Gasteiger partial charge is 0.0810 e. The number of hydrogen-bond acceptors (Lipinski definition) is 0. The van der Waals surface area contributed by atoms with E-state index in [9.17, 15) is 0 Å². The van der Waals surface area contributed by atoms with Crippen LogP contribution in [0.5, 0.6) is 0 Å². The van der Waals surface area contributed by atoms with Crippen LogP contribution in [-0.2, 0) is 0 Å². The molecule has 0 spiro atoms. The highest BCUT2D eigenvalue weighted by Gasteiger charge is 2.18. The summed E-state index contributed by atoms with van der Waals surface area (Å²) >= 11 is 0. The smallest absolute Gasteiger partial charge is 0.0724 e. The quantitative estimate of drug-likeness (QED) is 0.154. The Bertz CT molecular complexity index is 381. The number of rotatable bonds is 15. The van der Waals surface area contributed by atoms with E-state index in [2.05, 4.69) is 53.4 Å². The summed E-state index contributed by atoms with van der Waals surface area (Å²) in [5.41, 5.74) is 3.44. The highest BCUT2D eigenvalue weighted by molar-refractivity contribution is 6.83. The van der Waals surface area contributed by atoms with Gasteiger partial charge in [-0.05, 0) is 45.4 Å². The topological polar surface area (TPSA) is 0 Å². The standard InChI is InChI=1S/C24H48Si/c1-8-11-14-16-19-23(18-13-10-3)21-24(20-17-15-12-9-2)22(4)25(5,6)7/h21H,8-20H2,1-7H3/b23-21-,24-22+. The second-order valence-corrected chi connectivity index (χ2v) is 14.2. The molecule has 0 unspecified atom stereocenters. The predicted octanol–water partition coefficient (Wildman–Crippen LogP) is 9.24. The molecule has 0 aliphatic rings. The fourth-order valence-corrected chi connectivity index (χ4v) is 4.45. The van der Waals surface area contributed by atoms with Gasteiger partial charge >= 0.3 is 0 Å². The molecule has 25 heavy (non-hydrogen) atoms. The van der Waals surface area contributed by atoms with E-state index >= 15 is 0 Å². The van der Waals surface area contributed by atoms with E-state index in [0.717, 1.165) is 0 Å². The van der Waals surface area contributed by atoms with E-state index in [0.29, 0.717) is 0 Å². The SMILES string of the molecule is CCCCCC/C(=C\C(CCCCCC)=C(/C)[Si](C)(C)C)CCCC. The van der Waals surface area contributed by atoms with Crippen LogP contribution in [0.1, 0.15) is 111 Å². The molecular weight excluding hydrogens is 316 g/mol. The van der Waals surface area contributed by atoms with Crippen LogP contribution in [0.15, 0.2) is 22.4 Å². The highest BCUT2D eigenvalue weighted by atomic mass is 28.3. The van der Waals surface area contributed by atoms with Crippen molar-refractivity contribution in [3.8, 4) is 0 Å². The summed E-state index contributed by atoms with van der Waals surface area (Å²) in [6, 6.07) is 0. The molecule has 0 rings (SSSR count). The molecular formula is C24H48Si. The first kappa shape index (κ1) is 24.7. The fraction of sp³-hybridized carbons (Fsp3) is 0.833. The van der Waals surface area contributed by atoms with Crippen LogP contribution in [0.3, 0.4) is 0 Å². The third kappa shape index (κ3) is 12.6. The lowest BCUT2D eigenvalue weighted by atomic mass is 9.97. The van der Waals surface area contributed by atoms with Gasteiger partial charge in [0.25, 0.3) is 0 Å². The van der Waals surface area contributed by atoms with Crippen molar-refractivity contribution >= 4 is 8.07 Å². The van der Waals surface area contributed by atoms with Crippen molar-refractivity contribution in [1.82, 2.24) is 0 Å². The van der Waals surface area contributed by atoms with Crippen LogP contribution < -0.4 is 0 Å². The molecule has 148 valence electrons. The molecule has 0 bridgehead atoms. The van der Waals surface area contributed by atoms with Crippen LogP contribution in [0.25, 0.3) is 0 Å². The molecule has 0 aromatic rings. The minimum atomic E-state index is -1.20. The summed E-state index contributed by atoms with van der Waals surface area (Å²) in [4.78, 5) is 0. The Balaban J connectivity index is 5.18. The second-order valence-electron chi connectivity index (χ2n) is 8.93. The van der Waals surface area contributed by atoms with Gasteiger partial charge < -0.3 is 0 Å². The Morgan fingerprint density at radius 2 is 1.12 bits per heavy atom. The molecule has 0 fully saturated rings. The van der Waals surface area contributed by atoms with Gasteiger partial charge in [-0.15, -0.1) is 0 Å². The summed E-state index contributed by atoms with van der Waals surface area (Å²) < 4.78 is 0. The molecule has 0 aromatic carbocycles. The van der Waals surface area contributed by atoms with Crippen molar-refractivity contribution in [2.45, 2.75) is 131 Å². The van der Waals surface area contributed by atoms with Gasteiger partial charge in [0.15, 0.2) is 0 Å². The number of hydrogen-bond donors (Lipinski definition) is 0. The summed E-state index contributed by atoms with van der Waals surface area (Å²) in [7, 11) is -1.20. The zero-order valence-corrected chi connectivity index (χ0v) is 19.8. The number of unbranched alkanes of at least 4 members (excludes halogenated alkanes) is 7. The monoisotopic (exact) mass is 364 g/mol. The predicted molar refractivity (Wildman–Crippen MR) is 121 cm³/mol. The van der Waals surface area contributed by atoms with Crippen LogP contribution in [0.4, 0.5) is 0 Å². The average Bonchev–Trinajstić information content (AvgIpc) is 2.57. The minimum Gasteiger partial charge on any atom is -0.0810 e. The molecule has 0 saturated heterocycles. The Hall–Kier alpha value is -0.303. The summed E-state index contributed by atoms with van der Waals surface area (Å²) in [6.45, 7) is 16.9. The molecule has 0 amide bonds.